The van der Waals surface area contributed by atoms with Gasteiger partial charge in [-0.2, -0.15) is 5.10 Å². The molecule has 0 amide bonds. The van der Waals surface area contributed by atoms with E-state index in [0.717, 1.165) is 13.1 Å². The minimum Gasteiger partial charge on any atom is -0.379 e. The van der Waals surface area contributed by atoms with Crippen molar-refractivity contribution in [3.8, 4) is 0 Å². The molecular formula is C9H16ClN3O. The molecule has 0 aromatic carbocycles. The molecule has 14 heavy (non-hydrogen) atoms. The summed E-state index contributed by atoms with van der Waals surface area (Å²) in [6, 6.07) is 0. The van der Waals surface area contributed by atoms with Crippen molar-refractivity contribution in [2.24, 2.45) is 7.05 Å². The van der Waals surface area contributed by atoms with E-state index in [2.05, 4.69) is 10.4 Å². The van der Waals surface area contributed by atoms with Crippen LogP contribution in [-0.4, -0.2) is 35.4 Å². The van der Waals surface area contributed by atoms with Gasteiger partial charge in [0.2, 0.25) is 0 Å². The van der Waals surface area contributed by atoms with Crippen LogP contribution >= 0.6 is 11.6 Å². The maximum atomic E-state index is 5.46. The standard InChI is InChI=1S/C9H16ClN3O/c1-13-8-9(7-12-13)6-11-3-5-14-4-2-10/h7-8,11H,2-6H2,1H3. The zero-order valence-electron chi connectivity index (χ0n) is 8.37. The Morgan fingerprint density at radius 3 is 3.07 bits per heavy atom. The largest absolute Gasteiger partial charge is 0.379 e. The van der Waals surface area contributed by atoms with E-state index in [-0.39, 0.29) is 0 Å². The van der Waals surface area contributed by atoms with Crippen molar-refractivity contribution in [1.82, 2.24) is 15.1 Å². The molecule has 5 heteroatoms. The second-order valence-electron chi connectivity index (χ2n) is 3.00. The van der Waals surface area contributed by atoms with Crippen molar-refractivity contribution in [3.63, 3.8) is 0 Å². The number of aromatic nitrogens is 2. The van der Waals surface area contributed by atoms with E-state index in [4.69, 9.17) is 16.3 Å². The summed E-state index contributed by atoms with van der Waals surface area (Å²) in [5.74, 6) is 0.558. The second-order valence-corrected chi connectivity index (χ2v) is 3.38. The van der Waals surface area contributed by atoms with Crippen LogP contribution < -0.4 is 5.32 Å². The van der Waals surface area contributed by atoms with Gasteiger partial charge in [-0.25, -0.2) is 0 Å². The molecule has 1 rings (SSSR count). The summed E-state index contributed by atoms with van der Waals surface area (Å²) < 4.78 is 7.00. The predicted octanol–water partition coefficient (Wildman–Crippen LogP) is 0.765. The zero-order valence-corrected chi connectivity index (χ0v) is 9.13. The lowest BCUT2D eigenvalue weighted by Gasteiger charge is -2.03. The normalized spacial score (nSPS) is 10.7. The molecule has 1 heterocycles. The van der Waals surface area contributed by atoms with E-state index in [1.54, 1.807) is 4.68 Å². The van der Waals surface area contributed by atoms with Crippen LogP contribution in [0.2, 0.25) is 0 Å². The molecular weight excluding hydrogens is 202 g/mol. The van der Waals surface area contributed by atoms with Crippen LogP contribution in [0, 0.1) is 0 Å². The first-order valence-corrected chi connectivity index (χ1v) is 5.18. The predicted molar refractivity (Wildman–Crippen MR) is 56.5 cm³/mol. The summed E-state index contributed by atoms with van der Waals surface area (Å²) in [7, 11) is 1.91. The quantitative estimate of drug-likeness (QED) is 0.542. The number of hydrogen-bond acceptors (Lipinski definition) is 3. The first kappa shape index (κ1) is 11.5. The van der Waals surface area contributed by atoms with Gasteiger partial charge in [0.15, 0.2) is 0 Å². The summed E-state index contributed by atoms with van der Waals surface area (Å²) >= 11 is 5.46. The minimum absolute atomic E-state index is 0.558. The molecule has 0 aliphatic heterocycles. The Morgan fingerprint density at radius 2 is 2.43 bits per heavy atom. The number of halogens is 1. The summed E-state index contributed by atoms with van der Waals surface area (Å²) in [6.45, 7) is 2.99. The van der Waals surface area contributed by atoms with Gasteiger partial charge in [0.1, 0.15) is 0 Å². The van der Waals surface area contributed by atoms with Crippen molar-refractivity contribution in [1.29, 1.82) is 0 Å². The van der Waals surface area contributed by atoms with E-state index < -0.39 is 0 Å². The van der Waals surface area contributed by atoms with Crippen LogP contribution in [0.15, 0.2) is 12.4 Å². The molecule has 0 atom stereocenters. The van der Waals surface area contributed by atoms with Crippen LogP contribution in [0.1, 0.15) is 5.56 Å². The molecule has 0 aliphatic carbocycles. The Hall–Kier alpha value is -0.580. The summed E-state index contributed by atoms with van der Waals surface area (Å²) in [5, 5.41) is 7.33. The second kappa shape index (κ2) is 6.81. The van der Waals surface area contributed by atoms with Crippen LogP contribution in [0.3, 0.4) is 0 Å². The van der Waals surface area contributed by atoms with Gasteiger partial charge in [-0.15, -0.1) is 11.6 Å². The van der Waals surface area contributed by atoms with Crippen LogP contribution in [0.25, 0.3) is 0 Å². The van der Waals surface area contributed by atoms with Gasteiger partial charge in [-0.05, 0) is 0 Å². The Bertz CT molecular complexity index is 252. The molecule has 0 spiro atoms. The van der Waals surface area contributed by atoms with E-state index in [9.17, 15) is 0 Å². The van der Waals surface area contributed by atoms with E-state index in [1.165, 1.54) is 5.56 Å². The number of nitrogens with zero attached hydrogens (tertiary/aromatic N) is 2. The third-order valence-corrected chi connectivity index (χ3v) is 1.89. The highest BCUT2D eigenvalue weighted by Crippen LogP contribution is 1.94. The van der Waals surface area contributed by atoms with E-state index >= 15 is 0 Å². The van der Waals surface area contributed by atoms with Gasteiger partial charge in [0.05, 0.1) is 19.4 Å². The topological polar surface area (TPSA) is 39.1 Å². The van der Waals surface area contributed by atoms with Gasteiger partial charge < -0.3 is 10.1 Å². The molecule has 1 aromatic rings. The number of nitrogens with one attached hydrogen (secondary N) is 1. The lowest BCUT2D eigenvalue weighted by atomic mass is 10.3. The van der Waals surface area contributed by atoms with Gasteiger partial charge in [-0.3, -0.25) is 4.68 Å². The number of rotatable bonds is 7. The van der Waals surface area contributed by atoms with Crippen molar-refractivity contribution < 1.29 is 4.74 Å². The van der Waals surface area contributed by atoms with Crippen molar-refractivity contribution in [2.75, 3.05) is 25.6 Å². The molecule has 0 bridgehead atoms. The highest BCUT2D eigenvalue weighted by Gasteiger charge is 1.94. The molecule has 1 N–H and O–H groups in total. The van der Waals surface area contributed by atoms with Crippen LogP contribution in [0.4, 0.5) is 0 Å². The SMILES string of the molecule is Cn1cc(CNCCOCCCl)cn1. The van der Waals surface area contributed by atoms with Crippen molar-refractivity contribution in [2.45, 2.75) is 6.54 Å². The number of ether oxygens (including phenoxy) is 1. The molecule has 0 radical (unpaired) electrons. The third kappa shape index (κ3) is 4.60. The number of aryl methyl sites for hydroxylation is 1. The zero-order chi connectivity index (χ0) is 10.2. The fraction of sp³-hybridized carbons (Fsp3) is 0.667. The molecule has 0 saturated carbocycles. The molecule has 0 fully saturated rings. The first-order chi connectivity index (χ1) is 6.83. The van der Waals surface area contributed by atoms with Gasteiger partial charge in [-0.1, -0.05) is 0 Å². The van der Waals surface area contributed by atoms with E-state index in [0.29, 0.717) is 19.1 Å². The molecule has 0 unspecified atom stereocenters. The Kier molecular flexibility index (Phi) is 5.59. The average Bonchev–Trinajstić information content (AvgIpc) is 2.58. The third-order valence-electron chi connectivity index (χ3n) is 1.73. The average molecular weight is 218 g/mol. The minimum atomic E-state index is 0.558. The lowest BCUT2D eigenvalue weighted by molar-refractivity contribution is 0.151. The van der Waals surface area contributed by atoms with Crippen molar-refractivity contribution >= 4 is 11.6 Å². The molecule has 4 nitrogen and oxygen atoms in total. The molecule has 80 valence electrons. The summed E-state index contributed by atoms with van der Waals surface area (Å²) in [6.07, 6.45) is 3.85. The highest BCUT2D eigenvalue weighted by atomic mass is 35.5. The smallest absolute Gasteiger partial charge is 0.0602 e. The van der Waals surface area contributed by atoms with Gasteiger partial charge in [0.25, 0.3) is 0 Å². The Balaban J connectivity index is 1.99. The van der Waals surface area contributed by atoms with E-state index in [1.807, 2.05) is 19.4 Å². The molecule has 1 aromatic heterocycles. The number of alkyl halides is 1. The Labute approximate surface area is 89.2 Å². The monoisotopic (exact) mass is 217 g/mol. The van der Waals surface area contributed by atoms with Gasteiger partial charge >= 0.3 is 0 Å². The lowest BCUT2D eigenvalue weighted by Crippen LogP contribution is -2.19. The Morgan fingerprint density at radius 1 is 1.57 bits per heavy atom. The highest BCUT2D eigenvalue weighted by molar-refractivity contribution is 6.17. The summed E-state index contributed by atoms with van der Waals surface area (Å²) in [4.78, 5) is 0. The molecule has 0 saturated heterocycles. The fourth-order valence-corrected chi connectivity index (χ4v) is 1.21. The number of hydrogen-bond donors (Lipinski definition) is 1. The fourth-order valence-electron chi connectivity index (χ4n) is 1.10. The maximum absolute atomic E-state index is 5.46. The van der Waals surface area contributed by atoms with Crippen molar-refractivity contribution in [3.05, 3.63) is 18.0 Å². The van der Waals surface area contributed by atoms with Gasteiger partial charge in [0, 0.05) is 37.8 Å². The first-order valence-electron chi connectivity index (χ1n) is 4.65. The van der Waals surface area contributed by atoms with Crippen LogP contribution in [0.5, 0.6) is 0 Å². The van der Waals surface area contributed by atoms with Crippen LogP contribution in [-0.2, 0) is 18.3 Å². The molecule has 0 aliphatic rings. The maximum Gasteiger partial charge on any atom is 0.0602 e. The summed E-state index contributed by atoms with van der Waals surface area (Å²) in [5.41, 5.74) is 1.19.